The van der Waals surface area contributed by atoms with Crippen LogP contribution in [0.3, 0.4) is 0 Å². The number of amides is 2. The molecule has 28 heavy (non-hydrogen) atoms. The number of imide groups is 1. The fourth-order valence-corrected chi connectivity index (χ4v) is 6.00. The third kappa shape index (κ3) is 3.25. The molecule has 1 aliphatic heterocycles. The molecule has 0 N–H and O–H groups in total. The predicted molar refractivity (Wildman–Crippen MR) is 105 cm³/mol. The van der Waals surface area contributed by atoms with Crippen LogP contribution in [0, 0.1) is 0 Å². The minimum Gasteiger partial charge on any atom is -0.274 e. The van der Waals surface area contributed by atoms with Gasteiger partial charge in [-0.3, -0.25) is 9.59 Å². The molecule has 0 spiro atoms. The third-order valence-electron chi connectivity index (χ3n) is 5.45. The minimum atomic E-state index is -3.90. The van der Waals surface area contributed by atoms with Gasteiger partial charge in [-0.2, -0.15) is 4.31 Å². The molecule has 2 amide bonds. The molecule has 7 heteroatoms. The van der Waals surface area contributed by atoms with Crippen LogP contribution >= 0.6 is 0 Å². The Morgan fingerprint density at radius 2 is 1.43 bits per heavy atom. The fourth-order valence-electron chi connectivity index (χ4n) is 4.15. The molecule has 4 rings (SSSR count). The molecule has 1 aliphatic carbocycles. The summed E-state index contributed by atoms with van der Waals surface area (Å²) in [6.07, 6.45) is 3.12. The molecule has 1 unspecified atom stereocenters. The molecule has 1 atom stereocenters. The smallest absolute Gasteiger partial charge is 0.252 e. The van der Waals surface area contributed by atoms with E-state index >= 15 is 0 Å². The van der Waals surface area contributed by atoms with Gasteiger partial charge in [0.2, 0.25) is 15.9 Å². The summed E-state index contributed by atoms with van der Waals surface area (Å²) in [5.41, 5.74) is 0.475. The van der Waals surface area contributed by atoms with Crippen LogP contribution in [0.25, 0.3) is 0 Å². The highest BCUT2D eigenvalue weighted by atomic mass is 32.2. The Kier molecular flexibility index (Phi) is 5.03. The highest BCUT2D eigenvalue weighted by Gasteiger charge is 2.49. The topological polar surface area (TPSA) is 74.8 Å². The van der Waals surface area contributed by atoms with Crippen molar-refractivity contribution in [1.82, 2.24) is 4.31 Å². The van der Waals surface area contributed by atoms with Crippen molar-refractivity contribution in [2.24, 2.45) is 0 Å². The van der Waals surface area contributed by atoms with E-state index in [1.165, 1.54) is 16.4 Å². The van der Waals surface area contributed by atoms with Gasteiger partial charge < -0.3 is 0 Å². The minimum absolute atomic E-state index is 0.129. The average molecular weight is 398 g/mol. The maximum atomic E-state index is 13.4. The highest BCUT2D eigenvalue weighted by molar-refractivity contribution is 7.89. The van der Waals surface area contributed by atoms with Crippen molar-refractivity contribution < 1.29 is 18.0 Å². The zero-order valence-corrected chi connectivity index (χ0v) is 16.2. The van der Waals surface area contributed by atoms with Crippen LogP contribution in [0.2, 0.25) is 0 Å². The summed E-state index contributed by atoms with van der Waals surface area (Å²) >= 11 is 0. The number of sulfonamides is 1. The van der Waals surface area contributed by atoms with Crippen LogP contribution in [0.5, 0.6) is 0 Å². The number of anilines is 1. The first-order chi connectivity index (χ1) is 13.5. The van der Waals surface area contributed by atoms with E-state index in [1.54, 1.807) is 48.5 Å². The number of hydrogen-bond acceptors (Lipinski definition) is 4. The van der Waals surface area contributed by atoms with Gasteiger partial charge in [0.1, 0.15) is 6.04 Å². The van der Waals surface area contributed by atoms with Crippen LogP contribution in [0.15, 0.2) is 65.6 Å². The molecule has 0 aromatic heterocycles. The molecule has 1 saturated carbocycles. The normalized spacial score (nSPS) is 21.0. The monoisotopic (exact) mass is 398 g/mol. The summed E-state index contributed by atoms with van der Waals surface area (Å²) in [6.45, 7) is 0. The Labute approximate surface area is 164 Å². The Balaban J connectivity index is 1.74. The lowest BCUT2D eigenvalue weighted by atomic mass is 10.2. The van der Waals surface area contributed by atoms with Gasteiger partial charge in [0.05, 0.1) is 17.0 Å². The van der Waals surface area contributed by atoms with Gasteiger partial charge in [-0.25, -0.2) is 13.3 Å². The number of para-hydroxylation sites is 1. The summed E-state index contributed by atoms with van der Waals surface area (Å²) in [6, 6.07) is 15.6. The van der Waals surface area contributed by atoms with E-state index in [1.807, 2.05) is 0 Å². The van der Waals surface area contributed by atoms with Crippen molar-refractivity contribution in [3.8, 4) is 0 Å². The number of nitrogens with zero attached hydrogens (tertiary/aromatic N) is 2. The molecule has 2 aliphatic rings. The SMILES string of the molecule is O=C1CC(N(C2CCCC2)S(=O)(=O)c2ccccc2)C(=O)N1c1ccccc1. The fraction of sp³-hybridized carbons (Fsp3) is 0.333. The lowest BCUT2D eigenvalue weighted by Gasteiger charge is -2.32. The van der Waals surface area contributed by atoms with Crippen LogP contribution in [-0.2, 0) is 19.6 Å². The van der Waals surface area contributed by atoms with Crippen LogP contribution in [0.1, 0.15) is 32.1 Å². The van der Waals surface area contributed by atoms with E-state index in [4.69, 9.17) is 0 Å². The molecule has 2 aromatic rings. The van der Waals surface area contributed by atoms with E-state index in [-0.39, 0.29) is 23.3 Å². The number of hydrogen-bond donors (Lipinski definition) is 0. The van der Waals surface area contributed by atoms with Crippen molar-refractivity contribution >= 4 is 27.5 Å². The lowest BCUT2D eigenvalue weighted by molar-refractivity contribution is -0.122. The summed E-state index contributed by atoms with van der Waals surface area (Å²) in [5.74, 6) is -0.838. The Hall–Kier alpha value is -2.51. The summed E-state index contributed by atoms with van der Waals surface area (Å²) in [5, 5.41) is 0. The molecule has 1 heterocycles. The van der Waals surface area contributed by atoms with Gasteiger partial charge in [0.25, 0.3) is 5.91 Å². The number of benzene rings is 2. The second-order valence-electron chi connectivity index (χ2n) is 7.21. The number of carbonyl (C=O) groups excluding carboxylic acids is 2. The van der Waals surface area contributed by atoms with E-state index in [2.05, 4.69) is 0 Å². The third-order valence-corrected chi connectivity index (χ3v) is 7.42. The second kappa shape index (κ2) is 7.48. The van der Waals surface area contributed by atoms with E-state index in [0.717, 1.165) is 17.7 Å². The van der Waals surface area contributed by atoms with Gasteiger partial charge in [0.15, 0.2) is 0 Å². The zero-order valence-electron chi connectivity index (χ0n) is 15.4. The summed E-state index contributed by atoms with van der Waals surface area (Å²) in [4.78, 5) is 27.1. The highest BCUT2D eigenvalue weighted by Crippen LogP contribution is 2.35. The average Bonchev–Trinajstić information content (AvgIpc) is 3.32. The standard InChI is InChI=1S/C21H22N2O4S/c24-20-15-19(21(25)22(20)16-9-3-1-4-10-16)23(17-11-7-8-12-17)28(26,27)18-13-5-2-6-14-18/h1-6,9-10,13-14,17,19H,7-8,11-12,15H2. The molecule has 146 valence electrons. The van der Waals surface area contributed by atoms with Crippen molar-refractivity contribution in [2.45, 2.75) is 49.1 Å². The van der Waals surface area contributed by atoms with Gasteiger partial charge >= 0.3 is 0 Å². The molecule has 1 saturated heterocycles. The van der Waals surface area contributed by atoms with E-state index in [0.29, 0.717) is 18.5 Å². The van der Waals surface area contributed by atoms with Crippen LogP contribution < -0.4 is 4.90 Å². The van der Waals surface area contributed by atoms with Crippen molar-refractivity contribution in [3.05, 3.63) is 60.7 Å². The van der Waals surface area contributed by atoms with Gasteiger partial charge in [-0.1, -0.05) is 49.2 Å². The van der Waals surface area contributed by atoms with Crippen molar-refractivity contribution in [1.29, 1.82) is 0 Å². The van der Waals surface area contributed by atoms with Crippen LogP contribution in [0.4, 0.5) is 5.69 Å². The van der Waals surface area contributed by atoms with E-state index in [9.17, 15) is 18.0 Å². The Morgan fingerprint density at radius 3 is 2.04 bits per heavy atom. The van der Waals surface area contributed by atoms with Gasteiger partial charge in [-0.05, 0) is 37.1 Å². The first kappa shape index (κ1) is 18.8. The second-order valence-corrected chi connectivity index (χ2v) is 9.05. The molecule has 0 bridgehead atoms. The molecule has 2 aromatic carbocycles. The summed E-state index contributed by atoms with van der Waals surface area (Å²) < 4.78 is 28.2. The first-order valence-electron chi connectivity index (χ1n) is 9.50. The quantitative estimate of drug-likeness (QED) is 0.726. The molecule has 0 radical (unpaired) electrons. The molecular formula is C21H22N2O4S. The largest absolute Gasteiger partial charge is 0.274 e. The van der Waals surface area contributed by atoms with Gasteiger partial charge in [-0.15, -0.1) is 0 Å². The van der Waals surface area contributed by atoms with Crippen LogP contribution in [-0.4, -0.2) is 36.6 Å². The Bertz CT molecular complexity index is 970. The first-order valence-corrected chi connectivity index (χ1v) is 10.9. The maximum absolute atomic E-state index is 13.4. The van der Waals surface area contributed by atoms with Crippen molar-refractivity contribution in [2.75, 3.05) is 4.90 Å². The molecule has 6 nitrogen and oxygen atoms in total. The summed E-state index contributed by atoms with van der Waals surface area (Å²) in [7, 11) is -3.90. The zero-order chi connectivity index (χ0) is 19.7. The van der Waals surface area contributed by atoms with E-state index < -0.39 is 22.0 Å². The Morgan fingerprint density at radius 1 is 0.857 bits per heavy atom. The van der Waals surface area contributed by atoms with Crippen molar-refractivity contribution in [3.63, 3.8) is 0 Å². The molecular weight excluding hydrogens is 376 g/mol. The molecule has 2 fully saturated rings. The van der Waals surface area contributed by atoms with Gasteiger partial charge in [0, 0.05) is 6.04 Å². The number of rotatable bonds is 5. The maximum Gasteiger partial charge on any atom is 0.252 e. The number of carbonyl (C=O) groups is 2. The lowest BCUT2D eigenvalue weighted by Crippen LogP contribution is -2.49. The predicted octanol–water partition coefficient (Wildman–Crippen LogP) is 2.95.